The summed E-state index contributed by atoms with van der Waals surface area (Å²) in [6, 6.07) is 27.6. The van der Waals surface area contributed by atoms with Gasteiger partial charge in [0.05, 0.1) is 11.2 Å². The Morgan fingerprint density at radius 2 is 1.00 bits per heavy atom. The van der Waals surface area contributed by atoms with E-state index in [0.29, 0.717) is 17.5 Å². The highest BCUT2D eigenvalue weighted by molar-refractivity contribution is 6.47. The van der Waals surface area contributed by atoms with E-state index in [1.165, 1.54) is 0 Å². The lowest BCUT2D eigenvalue weighted by Gasteiger charge is -2.37. The summed E-state index contributed by atoms with van der Waals surface area (Å²) in [5.74, 6) is 1.86. The van der Waals surface area contributed by atoms with Crippen LogP contribution in [0.4, 0.5) is 0 Å². The smallest absolute Gasteiger partial charge is 0.330 e. The second-order valence-corrected chi connectivity index (χ2v) is 8.97. The van der Waals surface area contributed by atoms with Crippen molar-refractivity contribution in [2.75, 3.05) is 0 Å². The molecule has 0 aliphatic carbocycles. The van der Waals surface area contributed by atoms with Crippen molar-refractivity contribution in [3.63, 3.8) is 0 Å². The van der Waals surface area contributed by atoms with E-state index in [9.17, 15) is 5.11 Å². The van der Waals surface area contributed by atoms with Gasteiger partial charge in [0.2, 0.25) is 0 Å². The Balaban J connectivity index is 1.65. The van der Waals surface area contributed by atoms with Gasteiger partial charge in [-0.05, 0) is 27.7 Å². The largest absolute Gasteiger partial charge is 0.427 e. The summed E-state index contributed by atoms with van der Waals surface area (Å²) < 4.78 is 5.86. The molecule has 6 heteroatoms. The third-order valence-electron chi connectivity index (χ3n) is 5.83. The van der Waals surface area contributed by atoms with Gasteiger partial charge in [-0.25, -0.2) is 15.0 Å². The van der Waals surface area contributed by atoms with Crippen LogP contribution in [0.5, 0.6) is 0 Å². The third-order valence-corrected chi connectivity index (χ3v) is 5.83. The quantitative estimate of drug-likeness (QED) is 0.426. The Morgan fingerprint density at radius 3 is 1.39 bits per heavy atom. The zero-order valence-corrected chi connectivity index (χ0v) is 19.4. The van der Waals surface area contributed by atoms with Gasteiger partial charge in [0.25, 0.3) is 0 Å². The van der Waals surface area contributed by atoms with Crippen molar-refractivity contribution >= 4 is 12.9 Å². The molecule has 3 aromatic carbocycles. The highest BCUT2D eigenvalue weighted by Gasteiger charge is 2.35. The monoisotopic (exact) mass is 436 g/mol. The minimum absolute atomic E-state index is 0.604. The molecule has 0 saturated carbocycles. The maximum absolute atomic E-state index is 10.3. The molecule has 0 saturated heterocycles. The van der Waals surface area contributed by atoms with Crippen LogP contribution in [0.3, 0.4) is 0 Å². The molecule has 4 aromatic rings. The molecule has 1 N–H and O–H groups in total. The van der Waals surface area contributed by atoms with Gasteiger partial charge in [-0.1, -0.05) is 90.4 Å². The van der Waals surface area contributed by atoms with Crippen LogP contribution in [0, 0.1) is 0 Å². The predicted molar refractivity (Wildman–Crippen MR) is 133 cm³/mol. The molecular weight excluding hydrogens is 409 g/mol. The fraction of sp³-hybridized carbons (Fsp3) is 0.222. The van der Waals surface area contributed by atoms with Gasteiger partial charge in [0.1, 0.15) is 0 Å². The molecule has 4 rings (SSSR count). The zero-order valence-electron chi connectivity index (χ0n) is 19.4. The van der Waals surface area contributed by atoms with E-state index in [-0.39, 0.29) is 0 Å². The topological polar surface area (TPSA) is 68.1 Å². The summed E-state index contributed by atoms with van der Waals surface area (Å²) >= 11 is 0. The second-order valence-electron chi connectivity index (χ2n) is 8.97. The SMILES string of the molecule is CC(C)(O)C(C)(C)O[B]c1ccc(-c2nc(-c3ccccc3)nc(-c3ccccc3)n2)cc1. The van der Waals surface area contributed by atoms with Crippen LogP contribution in [0.15, 0.2) is 84.9 Å². The Bertz CT molecular complexity index is 1150. The third kappa shape index (κ3) is 5.36. The maximum atomic E-state index is 10.3. The molecule has 0 bridgehead atoms. The standard InChI is InChI=1S/C27H27BN3O2/c1-26(2,32)27(3,4)33-28-22-17-15-21(16-18-22)25-30-23(19-11-7-5-8-12-19)29-24(31-25)20-13-9-6-10-14-20/h5-18,32H,1-4H3. The Morgan fingerprint density at radius 1 is 0.606 bits per heavy atom. The second kappa shape index (κ2) is 9.26. The molecular formula is C27H27BN3O2. The van der Waals surface area contributed by atoms with Crippen molar-refractivity contribution in [1.29, 1.82) is 0 Å². The fourth-order valence-electron chi connectivity index (χ4n) is 3.01. The summed E-state index contributed by atoms with van der Waals surface area (Å²) in [7, 11) is 1.67. The molecule has 0 fully saturated rings. The number of hydrogen-bond acceptors (Lipinski definition) is 5. The lowest BCUT2D eigenvalue weighted by atomic mass is 9.82. The number of aliphatic hydroxyl groups is 1. The van der Waals surface area contributed by atoms with Crippen molar-refractivity contribution < 1.29 is 9.76 Å². The molecule has 0 aliphatic rings. The molecule has 1 radical (unpaired) electrons. The van der Waals surface area contributed by atoms with Gasteiger partial charge in [-0.2, -0.15) is 0 Å². The van der Waals surface area contributed by atoms with Crippen molar-refractivity contribution in [2.24, 2.45) is 0 Å². The molecule has 5 nitrogen and oxygen atoms in total. The maximum Gasteiger partial charge on any atom is 0.330 e. The van der Waals surface area contributed by atoms with Crippen LogP contribution in [0.25, 0.3) is 34.2 Å². The van der Waals surface area contributed by atoms with Gasteiger partial charge < -0.3 is 9.76 Å². The van der Waals surface area contributed by atoms with E-state index >= 15 is 0 Å². The van der Waals surface area contributed by atoms with Crippen LogP contribution in [-0.4, -0.2) is 38.7 Å². The predicted octanol–water partition coefficient (Wildman–Crippen LogP) is 4.68. The molecule has 0 atom stereocenters. The summed E-state index contributed by atoms with van der Waals surface area (Å²) in [6.07, 6.45) is 0. The molecule has 1 aromatic heterocycles. The number of aromatic nitrogens is 3. The Kier molecular flexibility index (Phi) is 6.41. The van der Waals surface area contributed by atoms with Gasteiger partial charge in [0, 0.05) is 16.7 Å². The van der Waals surface area contributed by atoms with E-state index in [1.54, 1.807) is 21.3 Å². The molecule has 0 aliphatic heterocycles. The van der Waals surface area contributed by atoms with E-state index in [0.717, 1.165) is 22.2 Å². The number of benzene rings is 3. The van der Waals surface area contributed by atoms with Crippen LogP contribution < -0.4 is 5.46 Å². The van der Waals surface area contributed by atoms with Crippen LogP contribution in [0.2, 0.25) is 0 Å². The first kappa shape index (κ1) is 22.8. The molecule has 33 heavy (non-hydrogen) atoms. The van der Waals surface area contributed by atoms with Crippen LogP contribution in [0.1, 0.15) is 27.7 Å². The lowest BCUT2D eigenvalue weighted by Crippen LogP contribution is -2.49. The van der Waals surface area contributed by atoms with Gasteiger partial charge >= 0.3 is 7.48 Å². The minimum Gasteiger partial charge on any atom is -0.427 e. The summed E-state index contributed by atoms with van der Waals surface area (Å²) in [5, 5.41) is 10.3. The molecule has 0 amide bonds. The van der Waals surface area contributed by atoms with Crippen molar-refractivity contribution in [1.82, 2.24) is 15.0 Å². The summed E-state index contributed by atoms with van der Waals surface area (Å²) in [4.78, 5) is 14.2. The number of hydrogen-bond donors (Lipinski definition) is 1. The highest BCUT2D eigenvalue weighted by Crippen LogP contribution is 2.25. The van der Waals surface area contributed by atoms with Crippen LogP contribution in [-0.2, 0) is 4.65 Å². The van der Waals surface area contributed by atoms with Crippen molar-refractivity contribution in [3.05, 3.63) is 84.9 Å². The first-order chi connectivity index (χ1) is 15.7. The van der Waals surface area contributed by atoms with Crippen molar-refractivity contribution in [3.8, 4) is 34.2 Å². The average Bonchev–Trinajstić information content (AvgIpc) is 2.83. The Hall–Kier alpha value is -3.35. The number of nitrogens with zero attached hydrogens (tertiary/aromatic N) is 3. The molecule has 1 heterocycles. The first-order valence-corrected chi connectivity index (χ1v) is 10.9. The lowest BCUT2D eigenvalue weighted by molar-refractivity contribution is -0.0893. The van der Waals surface area contributed by atoms with Crippen molar-refractivity contribution in [2.45, 2.75) is 38.9 Å². The van der Waals surface area contributed by atoms with E-state index in [2.05, 4.69) is 0 Å². The summed E-state index contributed by atoms with van der Waals surface area (Å²) in [6.45, 7) is 7.19. The Labute approximate surface area is 195 Å². The van der Waals surface area contributed by atoms with Gasteiger partial charge in [-0.3, -0.25) is 0 Å². The molecule has 0 spiro atoms. The van der Waals surface area contributed by atoms with E-state index in [4.69, 9.17) is 19.6 Å². The normalized spacial score (nSPS) is 11.9. The van der Waals surface area contributed by atoms with E-state index in [1.807, 2.05) is 98.8 Å². The summed E-state index contributed by atoms with van der Waals surface area (Å²) in [5.41, 5.74) is 1.93. The van der Waals surface area contributed by atoms with E-state index < -0.39 is 11.2 Å². The van der Waals surface area contributed by atoms with Gasteiger partial charge in [0.15, 0.2) is 17.5 Å². The molecule has 165 valence electrons. The average molecular weight is 436 g/mol. The minimum atomic E-state index is -0.976. The first-order valence-electron chi connectivity index (χ1n) is 10.9. The highest BCUT2D eigenvalue weighted by atomic mass is 16.5. The number of rotatable bonds is 7. The van der Waals surface area contributed by atoms with Crippen LogP contribution >= 0.6 is 0 Å². The van der Waals surface area contributed by atoms with Gasteiger partial charge in [-0.15, -0.1) is 0 Å². The fourth-order valence-corrected chi connectivity index (χ4v) is 3.01. The molecule has 0 unspecified atom stereocenters. The zero-order chi connectivity index (χ0) is 23.5.